The maximum atomic E-state index is 13.5. The Morgan fingerprint density at radius 2 is 1.51 bits per heavy atom. The molecular weight excluding hydrogens is 628 g/mol. The van der Waals surface area contributed by atoms with Gasteiger partial charge in [0.1, 0.15) is 54.4 Å². The smallest absolute Gasteiger partial charge is 0.303 e. The number of carbonyl (C=O) groups is 4. The molecule has 0 spiro atoms. The topological polar surface area (TPSA) is 245 Å². The maximum absolute atomic E-state index is 13.5. The second-order valence-electron chi connectivity index (χ2n) is 11.5. The van der Waals surface area contributed by atoms with E-state index in [0.717, 1.165) is 26.0 Å². The zero-order valence-electron chi connectivity index (χ0n) is 25.6. The van der Waals surface area contributed by atoms with Gasteiger partial charge in [0.25, 0.3) is 0 Å². The van der Waals surface area contributed by atoms with Crippen LogP contribution < -0.4 is 4.74 Å². The van der Waals surface area contributed by atoms with Gasteiger partial charge in [0.15, 0.2) is 30.1 Å². The molecule has 16 heteroatoms. The Labute approximate surface area is 266 Å². The van der Waals surface area contributed by atoms with Crippen LogP contribution in [-0.4, -0.2) is 122 Å². The number of phenols is 2. The van der Waals surface area contributed by atoms with E-state index in [1.807, 2.05) is 0 Å². The highest BCUT2D eigenvalue weighted by molar-refractivity contribution is 6.29. The van der Waals surface area contributed by atoms with Crippen molar-refractivity contribution in [2.45, 2.75) is 89.1 Å². The molecule has 5 rings (SSSR count). The second kappa shape index (κ2) is 13.2. The van der Waals surface area contributed by atoms with Crippen LogP contribution in [0.25, 0.3) is 0 Å². The first-order valence-electron chi connectivity index (χ1n) is 14.6. The predicted octanol–water partition coefficient (Wildman–Crippen LogP) is -0.646. The van der Waals surface area contributed by atoms with Crippen LogP contribution in [0.1, 0.15) is 58.2 Å². The summed E-state index contributed by atoms with van der Waals surface area (Å²) in [4.78, 5) is 50.3. The molecule has 2 saturated heterocycles. The zero-order valence-corrected chi connectivity index (χ0v) is 25.6. The average molecular weight is 663 g/mol. The number of benzene rings is 2. The van der Waals surface area contributed by atoms with Crippen molar-refractivity contribution in [3.05, 3.63) is 52.1 Å². The Kier molecular flexibility index (Phi) is 9.57. The van der Waals surface area contributed by atoms with Gasteiger partial charge in [-0.1, -0.05) is 0 Å². The van der Waals surface area contributed by atoms with Crippen LogP contribution in [0.5, 0.6) is 17.2 Å². The van der Waals surface area contributed by atoms with E-state index in [4.69, 9.17) is 28.4 Å². The number of phenolic OH excluding ortho intramolecular Hbond substituents is 2. The summed E-state index contributed by atoms with van der Waals surface area (Å²) in [5, 5.41) is 63.6. The van der Waals surface area contributed by atoms with Crippen molar-refractivity contribution in [2.24, 2.45) is 0 Å². The van der Waals surface area contributed by atoms with Crippen LogP contribution in [0.2, 0.25) is 0 Å². The van der Waals surface area contributed by atoms with Gasteiger partial charge in [-0.15, -0.1) is 0 Å². The van der Waals surface area contributed by atoms with Crippen molar-refractivity contribution >= 4 is 23.5 Å². The lowest BCUT2D eigenvalue weighted by molar-refractivity contribution is -0.355. The molecule has 6 N–H and O–H groups in total. The Bertz CT molecular complexity index is 1590. The van der Waals surface area contributed by atoms with Gasteiger partial charge in [-0.2, -0.15) is 0 Å². The monoisotopic (exact) mass is 662 g/mol. The average Bonchev–Trinajstić information content (AvgIpc) is 3.01. The Morgan fingerprint density at radius 1 is 0.809 bits per heavy atom. The fourth-order valence-corrected chi connectivity index (χ4v) is 5.68. The molecule has 1 aliphatic carbocycles. The van der Waals surface area contributed by atoms with Crippen LogP contribution in [0, 0.1) is 6.92 Å². The summed E-state index contributed by atoms with van der Waals surface area (Å²) >= 11 is 0. The van der Waals surface area contributed by atoms with Gasteiger partial charge < -0.3 is 59.1 Å². The van der Waals surface area contributed by atoms with Gasteiger partial charge >= 0.3 is 11.9 Å². The highest BCUT2D eigenvalue weighted by atomic mass is 16.8. The van der Waals surface area contributed by atoms with Crippen LogP contribution in [-0.2, 0) is 33.3 Å². The van der Waals surface area contributed by atoms with E-state index in [0.29, 0.717) is 0 Å². The summed E-state index contributed by atoms with van der Waals surface area (Å²) < 4.78 is 33.7. The minimum atomic E-state index is -1.84. The van der Waals surface area contributed by atoms with Crippen LogP contribution in [0.4, 0.5) is 0 Å². The van der Waals surface area contributed by atoms with Gasteiger partial charge in [0, 0.05) is 36.1 Å². The van der Waals surface area contributed by atoms with Crippen molar-refractivity contribution in [1.82, 2.24) is 0 Å². The Hall–Kier alpha value is -4.16. The first kappa shape index (κ1) is 34.2. The predicted molar refractivity (Wildman–Crippen MR) is 153 cm³/mol. The number of ether oxygens (including phenoxy) is 6. The third kappa shape index (κ3) is 6.40. The maximum Gasteiger partial charge on any atom is 0.303 e. The largest absolute Gasteiger partial charge is 0.508 e. The molecule has 0 unspecified atom stereocenters. The quantitative estimate of drug-likeness (QED) is 0.172. The van der Waals surface area contributed by atoms with Gasteiger partial charge in [-0.25, -0.2) is 0 Å². The third-order valence-electron chi connectivity index (χ3n) is 8.18. The molecule has 0 bridgehead atoms. The number of hydrogen-bond acceptors (Lipinski definition) is 16. The molecule has 2 fully saturated rings. The molecule has 0 radical (unpaired) electrons. The lowest BCUT2D eigenvalue weighted by atomic mass is 9.82. The standard InChI is InChI=1S/C31H34O16/c1-10-18(8-17-20(21(10)35)24(38)15-6-5-14(34)7-16(15)23(17)37)45-31-29(47-30-26(40)25(39)22(36)11(2)43-30)27(41)28(44-13(4)33)19(46-31)9-42-12(3)32/h5-8,11,19,22,25-31,34-36,39-41H,9H2,1-4H3/t11-,19-,22-,25+,26+,27+,28-,29-,30+,31-/m1/s1. The van der Waals surface area contributed by atoms with Crippen LogP contribution in [0.3, 0.4) is 0 Å². The molecule has 3 aliphatic rings. The minimum Gasteiger partial charge on any atom is -0.508 e. The second-order valence-corrected chi connectivity index (χ2v) is 11.5. The van der Waals surface area contributed by atoms with Crippen molar-refractivity contribution < 1.29 is 78.2 Å². The first-order valence-corrected chi connectivity index (χ1v) is 14.6. The highest BCUT2D eigenvalue weighted by Gasteiger charge is 2.53. The fraction of sp³-hybridized carbons (Fsp3) is 0.484. The van der Waals surface area contributed by atoms with Crippen molar-refractivity contribution in [2.75, 3.05) is 6.61 Å². The SMILES string of the molecule is CC(=O)OC[C@H]1O[C@@H](Oc2cc3c(c(O)c2C)C(=O)c2ccc(O)cc2C3=O)[C@H](O[C@@H]2O[C@H](C)[C@@H](O)[C@H](O)[C@@H]2O)[C@@H](O)[C@@H]1OC(C)=O. The van der Waals surface area contributed by atoms with Crippen molar-refractivity contribution in [1.29, 1.82) is 0 Å². The molecule has 2 heterocycles. The van der Waals surface area contributed by atoms with E-state index < -0.39 is 97.3 Å². The number of hydrogen-bond donors (Lipinski definition) is 6. The van der Waals surface area contributed by atoms with Crippen molar-refractivity contribution in [3.63, 3.8) is 0 Å². The molecule has 254 valence electrons. The number of rotatable bonds is 7. The Balaban J connectivity index is 1.55. The molecule has 0 aromatic heterocycles. The van der Waals surface area contributed by atoms with E-state index in [1.54, 1.807) is 0 Å². The lowest BCUT2D eigenvalue weighted by Crippen LogP contribution is -2.65. The minimum absolute atomic E-state index is 0.0340. The van der Waals surface area contributed by atoms with Crippen LogP contribution >= 0.6 is 0 Å². The number of aliphatic hydroxyl groups is 4. The van der Waals surface area contributed by atoms with E-state index in [9.17, 15) is 49.8 Å². The summed E-state index contributed by atoms with van der Waals surface area (Å²) in [7, 11) is 0. The molecular formula is C31H34O16. The summed E-state index contributed by atoms with van der Waals surface area (Å²) in [6.07, 6.45) is -16.0. The van der Waals surface area contributed by atoms with Gasteiger partial charge in [-0.05, 0) is 38.1 Å². The molecule has 16 nitrogen and oxygen atoms in total. The van der Waals surface area contributed by atoms with E-state index in [-0.39, 0.29) is 39.3 Å². The zero-order chi connectivity index (χ0) is 34.5. The number of esters is 2. The molecule has 10 atom stereocenters. The molecule has 2 aromatic carbocycles. The number of aromatic hydroxyl groups is 2. The van der Waals surface area contributed by atoms with E-state index in [2.05, 4.69) is 0 Å². The summed E-state index contributed by atoms with van der Waals surface area (Å²) in [5.41, 5.74) is -0.771. The number of carbonyl (C=O) groups excluding carboxylic acids is 4. The van der Waals surface area contributed by atoms with E-state index >= 15 is 0 Å². The molecule has 0 saturated carbocycles. The molecule has 47 heavy (non-hydrogen) atoms. The first-order chi connectivity index (χ1) is 22.1. The summed E-state index contributed by atoms with van der Waals surface area (Å²) in [6.45, 7) is 4.39. The number of aliphatic hydroxyl groups excluding tert-OH is 4. The van der Waals surface area contributed by atoms with Gasteiger partial charge in [0.05, 0.1) is 11.7 Å². The summed E-state index contributed by atoms with van der Waals surface area (Å²) in [6, 6.07) is 4.74. The fourth-order valence-electron chi connectivity index (χ4n) is 5.68. The van der Waals surface area contributed by atoms with Gasteiger partial charge in [0.2, 0.25) is 6.29 Å². The normalized spacial score (nSPS) is 31.8. The summed E-state index contributed by atoms with van der Waals surface area (Å²) in [5.74, 6) is -4.09. The van der Waals surface area contributed by atoms with Crippen molar-refractivity contribution in [3.8, 4) is 17.2 Å². The molecule has 2 aliphatic heterocycles. The number of ketones is 2. The van der Waals surface area contributed by atoms with Crippen LogP contribution in [0.15, 0.2) is 24.3 Å². The molecule has 2 aromatic rings. The Morgan fingerprint density at radius 3 is 2.17 bits per heavy atom. The number of fused-ring (bicyclic) bond motifs is 2. The van der Waals surface area contributed by atoms with Gasteiger partial charge in [-0.3, -0.25) is 19.2 Å². The van der Waals surface area contributed by atoms with E-state index in [1.165, 1.54) is 26.0 Å². The molecule has 0 amide bonds. The third-order valence-corrected chi connectivity index (χ3v) is 8.18. The highest BCUT2D eigenvalue weighted by Crippen LogP contribution is 2.41. The lowest BCUT2D eigenvalue weighted by Gasteiger charge is -2.46.